The summed E-state index contributed by atoms with van der Waals surface area (Å²) in [5.41, 5.74) is 3.82. The number of carbonyl (C=O) groups is 1. The van der Waals surface area contributed by atoms with Crippen molar-refractivity contribution in [3.63, 3.8) is 0 Å². The summed E-state index contributed by atoms with van der Waals surface area (Å²) in [6, 6.07) is 15.3. The molecule has 0 aliphatic heterocycles. The number of halogens is 2. The zero-order chi connectivity index (χ0) is 27.4. The lowest BCUT2D eigenvalue weighted by molar-refractivity contribution is -0.137. The molecule has 0 unspecified atom stereocenters. The zero-order valence-electron chi connectivity index (χ0n) is 22.5. The average Bonchev–Trinajstić information content (AvgIpc) is 3.25. The predicted molar refractivity (Wildman–Crippen MR) is 145 cm³/mol. The molecule has 38 heavy (non-hydrogen) atoms. The lowest BCUT2D eigenvalue weighted by Crippen LogP contribution is -2.17. The van der Waals surface area contributed by atoms with Gasteiger partial charge in [-0.2, -0.15) is 0 Å². The standard InChI is InChI=1S/C32H36F2O4/c1-5-21(16-31(35)36)25-18-23(10-13-29(25)33)38-19-20-8-11-24(27-17-22(37-4)9-12-30(27)34)26(15-20)28-7-6-14-32(28,2)3/h8-13,15,17-18,21,28H,5-7,14,16,19H2,1-4H3,(H,35,36)/t21-,28-/m1/s1. The number of hydrogen-bond acceptors (Lipinski definition) is 3. The molecule has 1 fully saturated rings. The van der Waals surface area contributed by atoms with Crippen molar-refractivity contribution in [2.24, 2.45) is 5.41 Å². The van der Waals surface area contributed by atoms with Crippen LogP contribution in [0.25, 0.3) is 11.1 Å². The lowest BCUT2D eigenvalue weighted by atomic mass is 9.75. The maximum absolute atomic E-state index is 15.0. The molecule has 1 N–H and O–H groups in total. The van der Waals surface area contributed by atoms with E-state index in [-0.39, 0.29) is 30.2 Å². The molecule has 4 nitrogen and oxygen atoms in total. The molecule has 3 aromatic rings. The Labute approximate surface area is 223 Å². The van der Waals surface area contributed by atoms with Gasteiger partial charge in [0.15, 0.2) is 0 Å². The molecule has 0 heterocycles. The van der Waals surface area contributed by atoms with E-state index < -0.39 is 17.7 Å². The van der Waals surface area contributed by atoms with Crippen molar-refractivity contribution in [3.05, 3.63) is 82.9 Å². The minimum absolute atomic E-state index is 0.0781. The summed E-state index contributed by atoms with van der Waals surface area (Å²) in [5, 5.41) is 9.21. The van der Waals surface area contributed by atoms with Gasteiger partial charge in [-0.05, 0) is 95.2 Å². The van der Waals surface area contributed by atoms with Crippen LogP contribution in [0.3, 0.4) is 0 Å². The second kappa shape index (κ2) is 11.5. The molecule has 0 spiro atoms. The molecule has 1 saturated carbocycles. The predicted octanol–water partition coefficient (Wildman–Crippen LogP) is 8.48. The van der Waals surface area contributed by atoms with Crippen molar-refractivity contribution in [2.75, 3.05) is 7.11 Å². The number of methoxy groups -OCH3 is 1. The van der Waals surface area contributed by atoms with Gasteiger partial charge in [0.05, 0.1) is 13.5 Å². The van der Waals surface area contributed by atoms with E-state index in [4.69, 9.17) is 9.47 Å². The third-order valence-electron chi connectivity index (χ3n) is 7.94. The summed E-state index contributed by atoms with van der Waals surface area (Å²) in [7, 11) is 1.57. The SMILES string of the molecule is CC[C@H](CC(=O)O)c1cc(OCc2ccc(-c3cc(OC)ccc3F)c([C@H]3CCCC3(C)C)c2)ccc1F. The molecular formula is C32H36F2O4. The Bertz CT molecular complexity index is 1300. The third-order valence-corrected chi connectivity index (χ3v) is 7.94. The van der Waals surface area contributed by atoms with Crippen molar-refractivity contribution in [2.45, 2.75) is 71.3 Å². The van der Waals surface area contributed by atoms with Crippen molar-refractivity contribution >= 4 is 5.97 Å². The molecule has 1 aliphatic rings. The Morgan fingerprint density at radius 2 is 1.76 bits per heavy atom. The van der Waals surface area contributed by atoms with Crippen LogP contribution in [0.4, 0.5) is 8.78 Å². The fourth-order valence-corrected chi connectivity index (χ4v) is 5.75. The third kappa shape index (κ3) is 6.01. The van der Waals surface area contributed by atoms with E-state index >= 15 is 4.39 Å². The number of ether oxygens (including phenoxy) is 2. The van der Waals surface area contributed by atoms with Crippen molar-refractivity contribution in [1.29, 1.82) is 0 Å². The Hall–Kier alpha value is -3.41. The first-order valence-electron chi connectivity index (χ1n) is 13.2. The second-order valence-corrected chi connectivity index (χ2v) is 10.9. The highest BCUT2D eigenvalue weighted by atomic mass is 19.1. The molecule has 0 bridgehead atoms. The lowest BCUT2D eigenvalue weighted by Gasteiger charge is -2.30. The van der Waals surface area contributed by atoms with E-state index in [0.29, 0.717) is 29.0 Å². The highest BCUT2D eigenvalue weighted by molar-refractivity contribution is 5.71. The van der Waals surface area contributed by atoms with Crippen molar-refractivity contribution in [1.82, 2.24) is 0 Å². The van der Waals surface area contributed by atoms with E-state index in [1.54, 1.807) is 31.4 Å². The molecular weight excluding hydrogens is 486 g/mol. The van der Waals surface area contributed by atoms with Gasteiger partial charge in [0.25, 0.3) is 0 Å². The van der Waals surface area contributed by atoms with Gasteiger partial charge < -0.3 is 14.6 Å². The summed E-state index contributed by atoms with van der Waals surface area (Å²) < 4.78 is 41.0. The highest BCUT2D eigenvalue weighted by Crippen LogP contribution is 2.51. The fraction of sp³-hybridized carbons (Fsp3) is 0.406. The van der Waals surface area contributed by atoms with Gasteiger partial charge in [0.2, 0.25) is 0 Å². The maximum Gasteiger partial charge on any atom is 0.303 e. The van der Waals surface area contributed by atoms with Crippen LogP contribution in [0, 0.1) is 17.0 Å². The van der Waals surface area contributed by atoms with E-state index in [9.17, 15) is 14.3 Å². The molecule has 2 atom stereocenters. The Morgan fingerprint density at radius 3 is 2.42 bits per heavy atom. The van der Waals surface area contributed by atoms with Crippen LogP contribution in [-0.4, -0.2) is 18.2 Å². The minimum Gasteiger partial charge on any atom is -0.497 e. The highest BCUT2D eigenvalue weighted by Gasteiger charge is 2.37. The Morgan fingerprint density at radius 1 is 1.03 bits per heavy atom. The molecule has 0 amide bonds. The molecule has 3 aromatic carbocycles. The number of carboxylic acids is 1. The molecule has 0 radical (unpaired) electrons. The normalized spacial score (nSPS) is 17.3. The number of rotatable bonds is 10. The summed E-state index contributed by atoms with van der Waals surface area (Å²) in [4.78, 5) is 11.2. The molecule has 1 aliphatic carbocycles. The van der Waals surface area contributed by atoms with Crippen LogP contribution in [0.5, 0.6) is 11.5 Å². The van der Waals surface area contributed by atoms with Crippen molar-refractivity contribution in [3.8, 4) is 22.6 Å². The topological polar surface area (TPSA) is 55.8 Å². The first kappa shape index (κ1) is 27.6. The number of benzene rings is 3. The van der Waals surface area contributed by atoms with E-state index in [1.807, 2.05) is 19.1 Å². The quantitative estimate of drug-likeness (QED) is 0.290. The summed E-state index contributed by atoms with van der Waals surface area (Å²) in [6.45, 7) is 6.63. The summed E-state index contributed by atoms with van der Waals surface area (Å²) >= 11 is 0. The monoisotopic (exact) mass is 522 g/mol. The molecule has 4 rings (SSSR count). The van der Waals surface area contributed by atoms with Crippen LogP contribution in [0.2, 0.25) is 0 Å². The average molecular weight is 523 g/mol. The van der Waals surface area contributed by atoms with E-state index in [2.05, 4.69) is 19.9 Å². The van der Waals surface area contributed by atoms with Crippen LogP contribution in [0.1, 0.15) is 81.4 Å². The number of aliphatic carboxylic acids is 1. The van der Waals surface area contributed by atoms with Gasteiger partial charge in [-0.1, -0.05) is 45.4 Å². The Balaban J connectivity index is 1.66. The van der Waals surface area contributed by atoms with Gasteiger partial charge in [-0.25, -0.2) is 8.78 Å². The zero-order valence-corrected chi connectivity index (χ0v) is 22.5. The van der Waals surface area contributed by atoms with Gasteiger partial charge in [-0.3, -0.25) is 4.79 Å². The van der Waals surface area contributed by atoms with Crippen LogP contribution < -0.4 is 9.47 Å². The van der Waals surface area contributed by atoms with Crippen molar-refractivity contribution < 1.29 is 28.2 Å². The van der Waals surface area contributed by atoms with Gasteiger partial charge >= 0.3 is 5.97 Å². The summed E-state index contributed by atoms with van der Waals surface area (Å²) in [5.74, 6) is -0.760. The second-order valence-electron chi connectivity index (χ2n) is 10.9. The minimum atomic E-state index is -0.961. The molecule has 202 valence electrons. The Kier molecular flexibility index (Phi) is 8.39. The van der Waals surface area contributed by atoms with Gasteiger partial charge in [0.1, 0.15) is 29.7 Å². The maximum atomic E-state index is 15.0. The summed E-state index contributed by atoms with van der Waals surface area (Å²) in [6.07, 6.45) is 3.62. The largest absolute Gasteiger partial charge is 0.497 e. The van der Waals surface area contributed by atoms with Crippen LogP contribution in [0.15, 0.2) is 54.6 Å². The van der Waals surface area contributed by atoms with Crippen LogP contribution >= 0.6 is 0 Å². The number of hydrogen-bond donors (Lipinski definition) is 1. The van der Waals surface area contributed by atoms with E-state index in [0.717, 1.165) is 36.0 Å². The smallest absolute Gasteiger partial charge is 0.303 e. The first-order valence-corrected chi connectivity index (χ1v) is 13.2. The van der Waals surface area contributed by atoms with Gasteiger partial charge in [0, 0.05) is 5.56 Å². The van der Waals surface area contributed by atoms with E-state index in [1.165, 1.54) is 12.1 Å². The first-order chi connectivity index (χ1) is 18.1. The van der Waals surface area contributed by atoms with Gasteiger partial charge in [-0.15, -0.1) is 0 Å². The number of carboxylic acid groups (broad SMARTS) is 1. The molecule has 0 aromatic heterocycles. The molecule has 6 heteroatoms. The van der Waals surface area contributed by atoms with Crippen LogP contribution in [-0.2, 0) is 11.4 Å². The fourth-order valence-electron chi connectivity index (χ4n) is 5.75. The molecule has 0 saturated heterocycles.